The summed E-state index contributed by atoms with van der Waals surface area (Å²) in [7, 11) is 0. The van der Waals surface area contributed by atoms with E-state index in [0.717, 1.165) is 31.0 Å². The van der Waals surface area contributed by atoms with Gasteiger partial charge in [-0.25, -0.2) is 0 Å². The molecule has 0 amide bonds. The van der Waals surface area contributed by atoms with Crippen LogP contribution in [0.4, 0.5) is 0 Å². The summed E-state index contributed by atoms with van der Waals surface area (Å²) in [6.45, 7) is 13.1. The first kappa shape index (κ1) is 17.5. The number of benzene rings is 1. The van der Waals surface area contributed by atoms with Crippen molar-refractivity contribution in [2.45, 2.75) is 53.6 Å². The van der Waals surface area contributed by atoms with Crippen LogP contribution >= 0.6 is 0 Å². The second-order valence-electron chi connectivity index (χ2n) is 6.39. The third kappa shape index (κ3) is 5.10. The summed E-state index contributed by atoms with van der Waals surface area (Å²) in [6, 6.07) is 8.70. The van der Waals surface area contributed by atoms with Gasteiger partial charge in [0, 0.05) is 18.3 Å². The smallest absolute Gasteiger partial charge is 0.125 e. The van der Waals surface area contributed by atoms with Gasteiger partial charge >= 0.3 is 0 Å². The highest BCUT2D eigenvalue weighted by molar-refractivity contribution is 5.39. The number of ether oxygens (including phenoxy) is 1. The fourth-order valence-electron chi connectivity index (χ4n) is 2.77. The lowest BCUT2D eigenvalue weighted by atomic mass is 10.1. The molecule has 23 heavy (non-hydrogen) atoms. The molecule has 4 nitrogen and oxygen atoms in total. The summed E-state index contributed by atoms with van der Waals surface area (Å²) in [4.78, 5) is 0. The lowest BCUT2D eigenvalue weighted by Crippen LogP contribution is -2.33. The van der Waals surface area contributed by atoms with Crippen molar-refractivity contribution in [2.24, 2.45) is 0 Å². The van der Waals surface area contributed by atoms with Crippen LogP contribution in [0, 0.1) is 27.7 Å². The molecule has 1 heterocycles. The molecule has 0 saturated carbocycles. The highest BCUT2D eigenvalue weighted by Crippen LogP contribution is 2.22. The van der Waals surface area contributed by atoms with E-state index in [1.807, 2.05) is 6.92 Å². The fourth-order valence-corrected chi connectivity index (χ4v) is 2.77. The maximum Gasteiger partial charge on any atom is 0.125 e. The predicted molar refractivity (Wildman–Crippen MR) is 95.2 cm³/mol. The molecule has 0 saturated heterocycles. The van der Waals surface area contributed by atoms with Crippen molar-refractivity contribution >= 4 is 0 Å². The molecule has 0 aliphatic rings. The van der Waals surface area contributed by atoms with Crippen LogP contribution in [0.25, 0.3) is 0 Å². The SMILES string of the molecule is Cc1cc(C)n(CCCNC(C)COc2c(C)cccc2C)n1. The Kier molecular flexibility index (Phi) is 6.22. The van der Waals surface area contributed by atoms with E-state index < -0.39 is 0 Å². The lowest BCUT2D eigenvalue weighted by Gasteiger charge is -2.17. The van der Waals surface area contributed by atoms with E-state index in [-0.39, 0.29) is 0 Å². The molecule has 0 bridgehead atoms. The van der Waals surface area contributed by atoms with E-state index in [1.165, 1.54) is 16.8 Å². The zero-order valence-electron chi connectivity index (χ0n) is 15.0. The molecule has 0 spiro atoms. The second kappa shape index (κ2) is 8.16. The first-order chi connectivity index (χ1) is 11.0. The Morgan fingerprint density at radius 2 is 1.87 bits per heavy atom. The molecule has 0 aliphatic heterocycles. The summed E-state index contributed by atoms with van der Waals surface area (Å²) < 4.78 is 8.07. The summed E-state index contributed by atoms with van der Waals surface area (Å²) in [5.41, 5.74) is 4.71. The van der Waals surface area contributed by atoms with Crippen LogP contribution in [0.2, 0.25) is 0 Å². The number of nitrogens with one attached hydrogen (secondary N) is 1. The molecule has 1 aromatic heterocycles. The Hall–Kier alpha value is -1.81. The molecule has 4 heteroatoms. The molecule has 2 rings (SSSR count). The van der Waals surface area contributed by atoms with Gasteiger partial charge in [-0.05, 0) is 64.8 Å². The van der Waals surface area contributed by atoms with Crippen LogP contribution < -0.4 is 10.1 Å². The Labute approximate surface area is 139 Å². The van der Waals surface area contributed by atoms with E-state index in [0.29, 0.717) is 12.6 Å². The molecule has 1 atom stereocenters. The number of hydrogen-bond donors (Lipinski definition) is 1. The summed E-state index contributed by atoms with van der Waals surface area (Å²) in [5, 5.41) is 8.01. The third-order valence-corrected chi connectivity index (χ3v) is 4.03. The molecule has 0 fully saturated rings. The fraction of sp³-hybridized carbons (Fsp3) is 0.526. The van der Waals surface area contributed by atoms with E-state index >= 15 is 0 Å². The largest absolute Gasteiger partial charge is 0.491 e. The second-order valence-corrected chi connectivity index (χ2v) is 6.39. The van der Waals surface area contributed by atoms with E-state index in [2.05, 4.69) is 67.1 Å². The number of nitrogens with zero attached hydrogens (tertiary/aromatic N) is 2. The van der Waals surface area contributed by atoms with Gasteiger partial charge in [0.25, 0.3) is 0 Å². The minimum Gasteiger partial charge on any atom is -0.491 e. The first-order valence-electron chi connectivity index (χ1n) is 8.41. The summed E-state index contributed by atoms with van der Waals surface area (Å²) in [6.07, 6.45) is 1.07. The number of hydrogen-bond acceptors (Lipinski definition) is 3. The number of para-hydroxylation sites is 1. The van der Waals surface area contributed by atoms with Gasteiger partial charge in [-0.2, -0.15) is 5.10 Å². The van der Waals surface area contributed by atoms with Crippen molar-refractivity contribution in [3.63, 3.8) is 0 Å². The minimum absolute atomic E-state index is 0.328. The first-order valence-corrected chi connectivity index (χ1v) is 8.41. The van der Waals surface area contributed by atoms with Crippen LogP contribution in [0.3, 0.4) is 0 Å². The van der Waals surface area contributed by atoms with Gasteiger partial charge in [0.2, 0.25) is 0 Å². The Balaban J connectivity index is 1.69. The van der Waals surface area contributed by atoms with Crippen molar-refractivity contribution in [2.75, 3.05) is 13.2 Å². The molecular formula is C19H29N3O. The van der Waals surface area contributed by atoms with Gasteiger partial charge in [-0.15, -0.1) is 0 Å². The monoisotopic (exact) mass is 315 g/mol. The van der Waals surface area contributed by atoms with Crippen molar-refractivity contribution in [3.8, 4) is 5.75 Å². The molecule has 1 N–H and O–H groups in total. The molecule has 1 aromatic carbocycles. The molecule has 0 radical (unpaired) electrons. The minimum atomic E-state index is 0.328. The molecule has 0 aliphatic carbocycles. The highest BCUT2D eigenvalue weighted by Gasteiger charge is 2.07. The number of rotatable bonds is 8. The zero-order valence-corrected chi connectivity index (χ0v) is 15.0. The van der Waals surface area contributed by atoms with Crippen molar-refractivity contribution in [3.05, 3.63) is 46.8 Å². The maximum atomic E-state index is 5.99. The van der Waals surface area contributed by atoms with Crippen LogP contribution in [0.15, 0.2) is 24.3 Å². The van der Waals surface area contributed by atoms with Crippen LogP contribution in [0.1, 0.15) is 35.9 Å². The van der Waals surface area contributed by atoms with Gasteiger partial charge in [-0.1, -0.05) is 18.2 Å². The van der Waals surface area contributed by atoms with E-state index in [4.69, 9.17) is 4.74 Å². The lowest BCUT2D eigenvalue weighted by molar-refractivity contribution is 0.269. The van der Waals surface area contributed by atoms with Gasteiger partial charge in [0.15, 0.2) is 0 Å². The summed E-state index contributed by atoms with van der Waals surface area (Å²) >= 11 is 0. The molecule has 126 valence electrons. The van der Waals surface area contributed by atoms with Crippen molar-refractivity contribution < 1.29 is 4.74 Å². The highest BCUT2D eigenvalue weighted by atomic mass is 16.5. The average molecular weight is 315 g/mol. The molecule has 2 aromatic rings. The Morgan fingerprint density at radius 1 is 1.17 bits per heavy atom. The average Bonchev–Trinajstić information content (AvgIpc) is 2.81. The van der Waals surface area contributed by atoms with Gasteiger partial charge < -0.3 is 10.1 Å². The van der Waals surface area contributed by atoms with Crippen LogP contribution in [-0.2, 0) is 6.54 Å². The number of aryl methyl sites for hydroxylation is 5. The van der Waals surface area contributed by atoms with E-state index in [9.17, 15) is 0 Å². The zero-order chi connectivity index (χ0) is 16.8. The van der Waals surface area contributed by atoms with Crippen LogP contribution in [0.5, 0.6) is 5.75 Å². The molecule has 1 unspecified atom stereocenters. The Bertz CT molecular complexity index is 613. The standard InChI is InChI=1S/C19H29N3O/c1-14-8-6-9-15(2)19(14)23-13-17(4)20-10-7-11-22-18(5)12-16(3)21-22/h6,8-9,12,17,20H,7,10-11,13H2,1-5H3. The van der Waals surface area contributed by atoms with E-state index in [1.54, 1.807) is 0 Å². The Morgan fingerprint density at radius 3 is 2.48 bits per heavy atom. The van der Waals surface area contributed by atoms with Crippen molar-refractivity contribution in [1.82, 2.24) is 15.1 Å². The van der Waals surface area contributed by atoms with Crippen LogP contribution in [-0.4, -0.2) is 29.0 Å². The van der Waals surface area contributed by atoms with Gasteiger partial charge in [0.05, 0.1) is 5.69 Å². The molecular weight excluding hydrogens is 286 g/mol. The maximum absolute atomic E-state index is 5.99. The normalized spacial score (nSPS) is 12.4. The van der Waals surface area contributed by atoms with Gasteiger partial charge in [-0.3, -0.25) is 4.68 Å². The third-order valence-electron chi connectivity index (χ3n) is 4.03. The van der Waals surface area contributed by atoms with Crippen molar-refractivity contribution in [1.29, 1.82) is 0 Å². The quantitative estimate of drug-likeness (QED) is 0.757. The summed E-state index contributed by atoms with van der Waals surface area (Å²) in [5.74, 6) is 1.02. The van der Waals surface area contributed by atoms with Gasteiger partial charge in [0.1, 0.15) is 12.4 Å². The topological polar surface area (TPSA) is 39.1 Å². The predicted octanol–water partition coefficient (Wildman–Crippen LogP) is 3.56. The number of aromatic nitrogens is 2.